The van der Waals surface area contributed by atoms with Crippen molar-refractivity contribution >= 4 is 17.1 Å². The third-order valence-corrected chi connectivity index (χ3v) is 2.48. The monoisotopic (exact) mass is 229 g/mol. The molecular weight excluding hydrogens is 216 g/mol. The van der Waals surface area contributed by atoms with E-state index in [0.29, 0.717) is 17.6 Å². The number of aromatic nitrogens is 4. The molecule has 0 aliphatic rings. The molecular formula is C9H13F2N5. The summed E-state index contributed by atoms with van der Waals surface area (Å²) in [7, 11) is 1.70. The Labute approximate surface area is 90.9 Å². The van der Waals surface area contributed by atoms with Crippen LogP contribution in [0.25, 0.3) is 11.2 Å². The van der Waals surface area contributed by atoms with Crippen molar-refractivity contribution in [3.63, 3.8) is 0 Å². The molecule has 0 spiro atoms. The van der Waals surface area contributed by atoms with Gasteiger partial charge in [0.25, 0.3) is 6.43 Å². The van der Waals surface area contributed by atoms with Gasteiger partial charge >= 0.3 is 0 Å². The highest BCUT2D eigenvalue weighted by Crippen LogP contribution is 2.21. The first-order valence-corrected chi connectivity index (χ1v) is 5.00. The quantitative estimate of drug-likeness (QED) is 0.859. The van der Waals surface area contributed by atoms with Crippen molar-refractivity contribution in [2.45, 2.75) is 26.3 Å². The van der Waals surface area contributed by atoms with E-state index in [1.165, 1.54) is 4.57 Å². The lowest BCUT2D eigenvalue weighted by molar-refractivity contribution is 0.128. The third kappa shape index (κ3) is 1.52. The fourth-order valence-corrected chi connectivity index (χ4v) is 1.81. The van der Waals surface area contributed by atoms with Crippen LogP contribution in [-0.4, -0.2) is 25.8 Å². The minimum absolute atomic E-state index is 0.109. The molecule has 2 aromatic heterocycles. The van der Waals surface area contributed by atoms with Crippen molar-refractivity contribution in [3.05, 3.63) is 5.69 Å². The number of fused-ring (bicyclic) bond motifs is 1. The largest absolute Gasteiger partial charge is 0.369 e. The molecule has 2 N–H and O–H groups in total. The van der Waals surface area contributed by atoms with E-state index < -0.39 is 13.0 Å². The number of imidazole rings is 1. The minimum atomic E-state index is -2.46. The van der Waals surface area contributed by atoms with Crippen LogP contribution in [0.3, 0.4) is 0 Å². The highest BCUT2D eigenvalue weighted by Gasteiger charge is 2.18. The van der Waals surface area contributed by atoms with Crippen molar-refractivity contribution in [2.75, 3.05) is 5.73 Å². The van der Waals surface area contributed by atoms with Crippen molar-refractivity contribution in [3.8, 4) is 0 Å². The summed E-state index contributed by atoms with van der Waals surface area (Å²) < 4.78 is 27.6. The van der Waals surface area contributed by atoms with Gasteiger partial charge in [-0.05, 0) is 6.42 Å². The predicted octanol–water partition coefficient (Wildman–Crippen LogP) is 1.18. The topological polar surface area (TPSA) is 61.7 Å². The average molecular weight is 229 g/mol. The van der Waals surface area contributed by atoms with E-state index in [1.807, 2.05) is 6.92 Å². The van der Waals surface area contributed by atoms with Gasteiger partial charge in [-0.15, -0.1) is 0 Å². The van der Waals surface area contributed by atoms with Gasteiger partial charge < -0.3 is 5.73 Å². The van der Waals surface area contributed by atoms with E-state index in [0.717, 1.165) is 5.69 Å². The van der Waals surface area contributed by atoms with Crippen molar-refractivity contribution in [2.24, 2.45) is 7.05 Å². The summed E-state index contributed by atoms with van der Waals surface area (Å²) in [6.07, 6.45) is -1.76. The van der Waals surface area contributed by atoms with E-state index in [1.54, 1.807) is 11.7 Å². The van der Waals surface area contributed by atoms with Gasteiger partial charge in [-0.3, -0.25) is 9.25 Å². The molecule has 88 valence electrons. The van der Waals surface area contributed by atoms with Crippen LogP contribution in [0.2, 0.25) is 0 Å². The molecule has 0 bridgehead atoms. The highest BCUT2D eigenvalue weighted by atomic mass is 19.3. The summed E-state index contributed by atoms with van der Waals surface area (Å²) in [6, 6.07) is 0. The molecule has 2 heterocycles. The second-order valence-electron chi connectivity index (χ2n) is 3.57. The number of rotatable bonds is 3. The molecule has 0 aliphatic heterocycles. The Kier molecular flexibility index (Phi) is 2.53. The van der Waals surface area contributed by atoms with E-state index in [2.05, 4.69) is 10.1 Å². The molecule has 0 aromatic carbocycles. The molecule has 2 rings (SSSR count). The van der Waals surface area contributed by atoms with E-state index >= 15 is 0 Å². The lowest BCUT2D eigenvalue weighted by Crippen LogP contribution is -2.12. The molecule has 0 saturated carbocycles. The maximum Gasteiger partial charge on any atom is 0.256 e. The zero-order valence-corrected chi connectivity index (χ0v) is 9.11. The number of hydrogen-bond acceptors (Lipinski definition) is 3. The lowest BCUT2D eigenvalue weighted by atomic mass is 10.3. The van der Waals surface area contributed by atoms with E-state index in [4.69, 9.17) is 5.73 Å². The Balaban J connectivity index is 2.64. The first kappa shape index (κ1) is 10.8. The maximum absolute atomic E-state index is 12.4. The van der Waals surface area contributed by atoms with Gasteiger partial charge in [0.05, 0.1) is 12.2 Å². The van der Waals surface area contributed by atoms with Crippen molar-refractivity contribution in [1.29, 1.82) is 0 Å². The van der Waals surface area contributed by atoms with Gasteiger partial charge in [0.15, 0.2) is 5.65 Å². The van der Waals surface area contributed by atoms with Crippen LogP contribution >= 0.6 is 0 Å². The molecule has 5 nitrogen and oxygen atoms in total. The molecule has 0 amide bonds. The van der Waals surface area contributed by atoms with Gasteiger partial charge in [0, 0.05) is 7.05 Å². The highest BCUT2D eigenvalue weighted by molar-refractivity contribution is 5.77. The first-order valence-electron chi connectivity index (χ1n) is 5.00. The molecule has 0 unspecified atom stereocenters. The van der Waals surface area contributed by atoms with Crippen LogP contribution in [0.5, 0.6) is 0 Å². The van der Waals surface area contributed by atoms with E-state index in [9.17, 15) is 8.78 Å². The Bertz CT molecular complexity index is 513. The SMILES string of the molecule is CCc1nn(C)c2c1nc(N)n2CC(F)F. The van der Waals surface area contributed by atoms with Gasteiger partial charge in [0.2, 0.25) is 5.95 Å². The predicted molar refractivity (Wildman–Crippen MR) is 56.3 cm³/mol. The van der Waals surface area contributed by atoms with Crippen LogP contribution in [0.1, 0.15) is 12.6 Å². The summed E-state index contributed by atoms with van der Waals surface area (Å²) in [5, 5.41) is 4.21. The molecule has 0 radical (unpaired) electrons. The second-order valence-corrected chi connectivity index (χ2v) is 3.57. The number of nitrogen functional groups attached to an aromatic ring is 1. The van der Waals surface area contributed by atoms with Crippen LogP contribution in [-0.2, 0) is 20.0 Å². The van der Waals surface area contributed by atoms with Gasteiger partial charge in [-0.2, -0.15) is 5.10 Å². The first-order chi connectivity index (χ1) is 7.54. The maximum atomic E-state index is 12.4. The fourth-order valence-electron chi connectivity index (χ4n) is 1.81. The summed E-state index contributed by atoms with van der Waals surface area (Å²) >= 11 is 0. The molecule has 0 aliphatic carbocycles. The summed E-state index contributed by atoms with van der Waals surface area (Å²) in [5.74, 6) is 0.109. The molecule has 7 heteroatoms. The number of nitrogens with zero attached hydrogens (tertiary/aromatic N) is 4. The smallest absolute Gasteiger partial charge is 0.256 e. The molecule has 2 aromatic rings. The zero-order valence-electron chi connectivity index (χ0n) is 9.11. The number of anilines is 1. The zero-order chi connectivity index (χ0) is 11.9. The molecule has 0 atom stereocenters. The van der Waals surface area contributed by atoms with Gasteiger partial charge in [-0.1, -0.05) is 6.92 Å². The summed E-state index contributed by atoms with van der Waals surface area (Å²) in [6.45, 7) is 1.48. The van der Waals surface area contributed by atoms with Crippen LogP contribution in [0.4, 0.5) is 14.7 Å². The van der Waals surface area contributed by atoms with Crippen LogP contribution in [0, 0.1) is 0 Å². The van der Waals surface area contributed by atoms with Crippen LogP contribution < -0.4 is 5.73 Å². The summed E-state index contributed by atoms with van der Waals surface area (Å²) in [5.41, 5.74) is 7.56. The normalized spacial score (nSPS) is 11.8. The lowest BCUT2D eigenvalue weighted by Gasteiger charge is -2.05. The second kappa shape index (κ2) is 3.73. The number of halogens is 2. The van der Waals surface area contributed by atoms with E-state index in [-0.39, 0.29) is 5.95 Å². The van der Waals surface area contributed by atoms with Crippen LogP contribution in [0.15, 0.2) is 0 Å². The van der Waals surface area contributed by atoms with Gasteiger partial charge in [-0.25, -0.2) is 13.8 Å². The number of nitrogens with two attached hydrogens (primary N) is 1. The third-order valence-electron chi connectivity index (χ3n) is 2.48. The molecule has 0 saturated heterocycles. The Morgan fingerprint density at radius 3 is 2.69 bits per heavy atom. The minimum Gasteiger partial charge on any atom is -0.369 e. The average Bonchev–Trinajstić information content (AvgIpc) is 2.66. The molecule has 16 heavy (non-hydrogen) atoms. The van der Waals surface area contributed by atoms with Crippen molar-refractivity contribution < 1.29 is 8.78 Å². The Morgan fingerprint density at radius 2 is 2.12 bits per heavy atom. The standard InChI is InChI=1S/C9H13F2N5/c1-3-5-7-8(15(2)14-5)16(4-6(10)11)9(12)13-7/h6H,3-4H2,1-2H3,(H2,12,13). The van der Waals surface area contributed by atoms with Gasteiger partial charge in [0.1, 0.15) is 5.52 Å². The Hall–Kier alpha value is -1.66. The van der Waals surface area contributed by atoms with Crippen molar-refractivity contribution in [1.82, 2.24) is 19.3 Å². The number of alkyl halides is 2. The number of aryl methyl sites for hydroxylation is 2. The fraction of sp³-hybridized carbons (Fsp3) is 0.556. The molecule has 0 fully saturated rings. The number of hydrogen-bond donors (Lipinski definition) is 1. The summed E-state index contributed by atoms with van der Waals surface area (Å²) in [4.78, 5) is 4.08. The Morgan fingerprint density at radius 1 is 1.44 bits per heavy atom.